The fraction of sp³-hybridized carbons (Fsp3) is 0.955. The van der Waals surface area contributed by atoms with Crippen molar-refractivity contribution in [3.63, 3.8) is 0 Å². The van der Waals surface area contributed by atoms with Gasteiger partial charge in [0.05, 0.1) is 24.9 Å². The Morgan fingerprint density at radius 3 is 2.04 bits per heavy atom. The van der Waals surface area contributed by atoms with Gasteiger partial charge in [0, 0.05) is 5.92 Å². The summed E-state index contributed by atoms with van der Waals surface area (Å²) in [6, 6.07) is 0. The van der Waals surface area contributed by atoms with Gasteiger partial charge in [-0.15, -0.1) is 0 Å². The second kappa shape index (κ2) is 10.9. The van der Waals surface area contributed by atoms with Crippen LogP contribution in [0.25, 0.3) is 0 Å². The maximum absolute atomic E-state index is 6.66. The fourth-order valence-electron chi connectivity index (χ4n) is 4.45. The number of thiocarbonyl (C=S) groups is 1. The second-order valence-corrected chi connectivity index (χ2v) is 10.3. The molecule has 28 heavy (non-hydrogen) atoms. The molecule has 10 atom stereocenters. The van der Waals surface area contributed by atoms with E-state index in [1.54, 1.807) is 0 Å². The third-order valence-corrected chi connectivity index (χ3v) is 8.50. The summed E-state index contributed by atoms with van der Waals surface area (Å²) in [5, 5.41) is 0. The summed E-state index contributed by atoms with van der Waals surface area (Å²) in [7, 11) is 0. The molecule has 2 saturated heterocycles. The SMILES string of the molecule is CCOC(=S)SC1OC(CC)C(OC2OC(CC)C(C)C(C)C2C)C(C)C1C. The molecular weight excluding hydrogens is 392 g/mol. The lowest BCUT2D eigenvalue weighted by atomic mass is 9.78. The van der Waals surface area contributed by atoms with Crippen LogP contribution in [0.2, 0.25) is 0 Å². The van der Waals surface area contributed by atoms with Crippen molar-refractivity contribution in [2.24, 2.45) is 29.6 Å². The van der Waals surface area contributed by atoms with E-state index in [1.165, 1.54) is 11.8 Å². The van der Waals surface area contributed by atoms with Crippen molar-refractivity contribution in [3.05, 3.63) is 0 Å². The first-order valence-corrected chi connectivity index (χ1v) is 12.3. The molecule has 0 spiro atoms. The highest BCUT2D eigenvalue weighted by atomic mass is 32.2. The quantitative estimate of drug-likeness (QED) is 0.488. The molecule has 6 heteroatoms. The molecule has 0 N–H and O–H groups in total. The van der Waals surface area contributed by atoms with Crippen LogP contribution in [0.3, 0.4) is 0 Å². The fourth-order valence-corrected chi connectivity index (χ4v) is 5.88. The lowest BCUT2D eigenvalue weighted by Crippen LogP contribution is -2.54. The Kier molecular flexibility index (Phi) is 9.53. The predicted octanol–water partition coefficient (Wildman–Crippen LogP) is 5.88. The van der Waals surface area contributed by atoms with Crippen molar-refractivity contribution in [2.75, 3.05) is 6.61 Å². The minimum atomic E-state index is -0.165. The van der Waals surface area contributed by atoms with Crippen molar-refractivity contribution in [1.29, 1.82) is 0 Å². The van der Waals surface area contributed by atoms with Gasteiger partial charge in [-0.05, 0) is 67.4 Å². The Hall–Kier alpha value is 0.120. The molecule has 2 aliphatic heterocycles. The van der Waals surface area contributed by atoms with Crippen molar-refractivity contribution >= 4 is 28.4 Å². The van der Waals surface area contributed by atoms with Crippen LogP contribution in [-0.2, 0) is 18.9 Å². The van der Waals surface area contributed by atoms with Crippen LogP contribution < -0.4 is 0 Å². The van der Waals surface area contributed by atoms with Gasteiger partial charge in [0.1, 0.15) is 5.44 Å². The van der Waals surface area contributed by atoms with E-state index in [9.17, 15) is 0 Å². The summed E-state index contributed by atoms with van der Waals surface area (Å²) in [5.41, 5.74) is 0.00545. The van der Waals surface area contributed by atoms with Crippen molar-refractivity contribution < 1.29 is 18.9 Å². The summed E-state index contributed by atoms with van der Waals surface area (Å²) in [4.78, 5) is 0. The molecular formula is C22H40O4S2. The Bertz CT molecular complexity index is 499. The van der Waals surface area contributed by atoms with Gasteiger partial charge in [0.15, 0.2) is 6.29 Å². The van der Waals surface area contributed by atoms with Gasteiger partial charge >= 0.3 is 0 Å². The minimum Gasteiger partial charge on any atom is -0.479 e. The largest absolute Gasteiger partial charge is 0.479 e. The highest BCUT2D eigenvalue weighted by Crippen LogP contribution is 2.42. The average Bonchev–Trinajstić information content (AvgIpc) is 2.67. The summed E-state index contributed by atoms with van der Waals surface area (Å²) in [5.74, 6) is 2.17. The van der Waals surface area contributed by atoms with Crippen LogP contribution in [0.4, 0.5) is 0 Å². The molecule has 2 rings (SSSR count). The van der Waals surface area contributed by atoms with Gasteiger partial charge in [0.25, 0.3) is 0 Å². The van der Waals surface area contributed by atoms with Crippen LogP contribution >= 0.6 is 24.0 Å². The summed E-state index contributed by atoms with van der Waals surface area (Å²) in [6.07, 6.45) is 2.10. The third kappa shape index (κ3) is 5.42. The topological polar surface area (TPSA) is 36.9 Å². The van der Waals surface area contributed by atoms with Crippen LogP contribution in [0.1, 0.15) is 68.2 Å². The molecule has 0 amide bonds. The van der Waals surface area contributed by atoms with Crippen molar-refractivity contribution in [2.45, 2.75) is 98.3 Å². The maximum atomic E-state index is 6.66. The number of hydrogen-bond donors (Lipinski definition) is 0. The lowest BCUT2D eigenvalue weighted by molar-refractivity contribution is -0.295. The predicted molar refractivity (Wildman–Crippen MR) is 120 cm³/mol. The van der Waals surface area contributed by atoms with Crippen molar-refractivity contribution in [1.82, 2.24) is 0 Å². The summed E-state index contributed by atoms with van der Waals surface area (Å²) < 4.78 is 25.5. The van der Waals surface area contributed by atoms with Crippen LogP contribution in [0, 0.1) is 29.6 Å². The Labute approximate surface area is 181 Å². The molecule has 0 aromatic heterocycles. The molecule has 164 valence electrons. The van der Waals surface area contributed by atoms with E-state index in [-0.39, 0.29) is 30.0 Å². The number of ether oxygens (including phenoxy) is 4. The number of hydrogen-bond acceptors (Lipinski definition) is 6. The third-order valence-electron chi connectivity index (χ3n) is 7.01. The standard InChI is InChI=1S/C22H40O4S2/c1-9-17-13(5)12(4)15(7)20(24-17)26-19-14(6)16(8)21(25-18(19)10-2)28-22(27)23-11-3/h12-21H,9-11H2,1-8H3. The van der Waals surface area contributed by atoms with E-state index >= 15 is 0 Å². The molecule has 0 aliphatic carbocycles. The maximum Gasteiger partial charge on any atom is 0.222 e. The van der Waals surface area contributed by atoms with E-state index in [1.807, 2.05) is 6.92 Å². The molecule has 0 saturated carbocycles. The van der Waals surface area contributed by atoms with E-state index in [4.69, 9.17) is 31.2 Å². The van der Waals surface area contributed by atoms with E-state index in [0.29, 0.717) is 40.6 Å². The summed E-state index contributed by atoms with van der Waals surface area (Å²) >= 11 is 6.87. The highest BCUT2D eigenvalue weighted by molar-refractivity contribution is 8.22. The zero-order valence-corrected chi connectivity index (χ0v) is 20.5. The Morgan fingerprint density at radius 1 is 0.821 bits per heavy atom. The molecule has 0 aromatic rings. The van der Waals surface area contributed by atoms with Crippen LogP contribution in [0.15, 0.2) is 0 Å². The Morgan fingerprint density at radius 2 is 1.46 bits per heavy atom. The first kappa shape index (κ1) is 24.4. The van der Waals surface area contributed by atoms with Gasteiger partial charge in [0.2, 0.25) is 4.38 Å². The molecule has 0 aromatic carbocycles. The van der Waals surface area contributed by atoms with E-state index < -0.39 is 0 Å². The zero-order chi connectivity index (χ0) is 21.0. The number of rotatable bonds is 6. The lowest BCUT2D eigenvalue weighted by Gasteiger charge is -2.49. The Balaban J connectivity index is 2.09. The normalized spacial score (nSPS) is 44.3. The van der Waals surface area contributed by atoms with Gasteiger partial charge in [-0.1, -0.05) is 48.5 Å². The van der Waals surface area contributed by atoms with Gasteiger partial charge < -0.3 is 18.9 Å². The van der Waals surface area contributed by atoms with Crippen LogP contribution in [-0.4, -0.2) is 41.0 Å². The smallest absolute Gasteiger partial charge is 0.222 e. The second-order valence-electron chi connectivity index (χ2n) is 8.60. The molecule has 0 bridgehead atoms. The monoisotopic (exact) mass is 432 g/mol. The molecule has 0 radical (unpaired) electrons. The minimum absolute atomic E-state index is 0.00545. The van der Waals surface area contributed by atoms with Crippen molar-refractivity contribution in [3.8, 4) is 0 Å². The van der Waals surface area contributed by atoms with Gasteiger partial charge in [-0.2, -0.15) is 0 Å². The first-order valence-electron chi connectivity index (χ1n) is 11.0. The number of thioether (sulfide) groups is 1. The highest BCUT2D eigenvalue weighted by Gasteiger charge is 2.46. The average molecular weight is 433 g/mol. The first-order chi connectivity index (χ1) is 13.2. The summed E-state index contributed by atoms with van der Waals surface area (Å²) in [6.45, 7) is 18.3. The molecule has 2 heterocycles. The van der Waals surface area contributed by atoms with E-state index in [0.717, 1.165) is 12.8 Å². The molecule has 4 nitrogen and oxygen atoms in total. The van der Waals surface area contributed by atoms with E-state index in [2.05, 4.69) is 48.5 Å². The van der Waals surface area contributed by atoms with Crippen LogP contribution in [0.5, 0.6) is 0 Å². The van der Waals surface area contributed by atoms with Gasteiger partial charge in [-0.3, -0.25) is 0 Å². The molecule has 10 unspecified atom stereocenters. The molecule has 2 fully saturated rings. The van der Waals surface area contributed by atoms with Gasteiger partial charge in [-0.25, -0.2) is 0 Å². The zero-order valence-electron chi connectivity index (χ0n) is 18.8. The molecule has 2 aliphatic rings.